The number of nitrogens with zero attached hydrogens (tertiary/aromatic N) is 3. The Kier molecular flexibility index (Phi) is 6.12. The lowest BCUT2D eigenvalue weighted by atomic mass is 9.97. The molecule has 1 aliphatic heterocycles. The van der Waals surface area contributed by atoms with Gasteiger partial charge in [-0.15, -0.1) is 11.3 Å². The number of rotatable bonds is 5. The topological polar surface area (TPSA) is 92.3 Å². The number of thiazole rings is 2. The van der Waals surface area contributed by atoms with E-state index in [1.54, 1.807) is 23.1 Å². The van der Waals surface area contributed by atoms with Gasteiger partial charge in [-0.3, -0.25) is 4.79 Å². The van der Waals surface area contributed by atoms with Gasteiger partial charge in [0.25, 0.3) is 0 Å². The van der Waals surface area contributed by atoms with Crippen LogP contribution in [-0.4, -0.2) is 47.9 Å². The number of amides is 1. The summed E-state index contributed by atoms with van der Waals surface area (Å²) in [4.78, 5) is 21.6. The minimum Gasteiger partial charge on any atom is -0.302 e. The summed E-state index contributed by atoms with van der Waals surface area (Å²) in [5, 5.41) is 3.42. The van der Waals surface area contributed by atoms with Gasteiger partial charge in [-0.2, -0.15) is 4.31 Å². The smallest absolute Gasteiger partial charge is 0.245 e. The Labute approximate surface area is 202 Å². The number of hydrogen-bond donors (Lipinski definition) is 1. The fourth-order valence-electron chi connectivity index (χ4n) is 3.85. The molecule has 7 nitrogen and oxygen atoms in total. The van der Waals surface area contributed by atoms with E-state index in [1.807, 2.05) is 18.4 Å². The van der Waals surface area contributed by atoms with Crippen molar-refractivity contribution < 1.29 is 17.6 Å². The number of benzene rings is 2. The molecule has 172 valence electrons. The minimum absolute atomic E-state index is 0.160. The van der Waals surface area contributed by atoms with Gasteiger partial charge in [0.1, 0.15) is 10.7 Å². The van der Waals surface area contributed by atoms with Crippen LogP contribution in [0.4, 0.5) is 9.52 Å². The molecule has 0 saturated carbocycles. The van der Waals surface area contributed by atoms with Crippen molar-refractivity contribution in [3.05, 3.63) is 42.2 Å². The summed E-state index contributed by atoms with van der Waals surface area (Å²) in [6.45, 7) is 0.321. The average molecular weight is 523 g/mol. The predicted octanol–water partition coefficient (Wildman–Crippen LogP) is 4.81. The monoisotopic (exact) mass is 522 g/mol. The van der Waals surface area contributed by atoms with Crippen molar-refractivity contribution in [1.29, 1.82) is 0 Å². The van der Waals surface area contributed by atoms with E-state index in [0.717, 1.165) is 30.8 Å². The molecular weight excluding hydrogens is 504 g/mol. The zero-order valence-electron chi connectivity index (χ0n) is 17.4. The summed E-state index contributed by atoms with van der Waals surface area (Å²) >= 11 is 4.62. The molecule has 0 radical (unpaired) electrons. The van der Waals surface area contributed by atoms with E-state index < -0.39 is 15.8 Å². The molecule has 1 fully saturated rings. The molecule has 1 amide bonds. The molecule has 1 aliphatic rings. The van der Waals surface area contributed by atoms with E-state index in [2.05, 4.69) is 15.3 Å². The summed E-state index contributed by atoms with van der Waals surface area (Å²) in [7, 11) is -3.93. The van der Waals surface area contributed by atoms with E-state index in [-0.39, 0.29) is 29.8 Å². The van der Waals surface area contributed by atoms with Crippen LogP contribution in [0.1, 0.15) is 12.8 Å². The summed E-state index contributed by atoms with van der Waals surface area (Å²) in [5.74, 6) is -1.29. The van der Waals surface area contributed by atoms with Crippen LogP contribution in [0.2, 0.25) is 0 Å². The quantitative estimate of drug-likeness (QED) is 0.378. The fraction of sp³-hybridized carbons (Fsp3) is 0.286. The summed E-state index contributed by atoms with van der Waals surface area (Å²) < 4.78 is 43.8. The van der Waals surface area contributed by atoms with Crippen LogP contribution in [0, 0.1) is 11.7 Å². The Hall–Kier alpha value is -2.12. The molecule has 0 bridgehead atoms. The molecule has 3 heterocycles. The second-order valence-corrected chi connectivity index (χ2v) is 12.5. The van der Waals surface area contributed by atoms with Crippen molar-refractivity contribution >= 4 is 75.9 Å². The molecule has 0 spiro atoms. The van der Waals surface area contributed by atoms with Crippen molar-refractivity contribution in [3.63, 3.8) is 0 Å². The number of aromatic nitrogens is 2. The molecule has 2 aromatic heterocycles. The fourth-order valence-corrected chi connectivity index (χ4v) is 8.05. The van der Waals surface area contributed by atoms with E-state index in [9.17, 15) is 17.6 Å². The van der Waals surface area contributed by atoms with Crippen molar-refractivity contribution in [1.82, 2.24) is 14.3 Å². The van der Waals surface area contributed by atoms with Crippen molar-refractivity contribution in [2.24, 2.45) is 5.92 Å². The van der Waals surface area contributed by atoms with Gasteiger partial charge in [0.05, 0.1) is 20.4 Å². The maximum Gasteiger partial charge on any atom is 0.245 e. The van der Waals surface area contributed by atoms with E-state index >= 15 is 0 Å². The number of halogens is 1. The molecule has 0 atom stereocenters. The number of sulfonamides is 1. The van der Waals surface area contributed by atoms with E-state index in [4.69, 9.17) is 0 Å². The van der Waals surface area contributed by atoms with E-state index in [1.165, 1.54) is 33.8 Å². The maximum absolute atomic E-state index is 14.0. The largest absolute Gasteiger partial charge is 0.302 e. The Morgan fingerprint density at radius 3 is 2.45 bits per heavy atom. The van der Waals surface area contributed by atoms with Gasteiger partial charge in [-0.25, -0.2) is 22.8 Å². The van der Waals surface area contributed by atoms with Crippen LogP contribution in [0.5, 0.6) is 0 Å². The number of piperidine rings is 1. The molecule has 5 rings (SSSR count). The predicted molar refractivity (Wildman–Crippen MR) is 131 cm³/mol. The zero-order chi connectivity index (χ0) is 23.2. The SMILES string of the molecule is CSc1nc2ccc3nc(NC(=O)C4CCN(S(=O)(=O)c5ccccc5F)CC4)sc3c2s1. The van der Waals surface area contributed by atoms with Crippen LogP contribution in [-0.2, 0) is 14.8 Å². The molecule has 1 saturated heterocycles. The summed E-state index contributed by atoms with van der Waals surface area (Å²) in [5.41, 5.74) is 1.73. The average Bonchev–Trinajstić information content (AvgIpc) is 3.42. The number of fused-ring (bicyclic) bond motifs is 3. The lowest BCUT2D eigenvalue weighted by Gasteiger charge is -2.30. The Morgan fingerprint density at radius 2 is 1.76 bits per heavy atom. The van der Waals surface area contributed by atoms with Crippen molar-refractivity contribution in [2.75, 3.05) is 24.7 Å². The first-order chi connectivity index (χ1) is 15.9. The number of nitrogens with one attached hydrogen (secondary N) is 1. The maximum atomic E-state index is 14.0. The Balaban J connectivity index is 1.28. The number of hydrogen-bond acceptors (Lipinski definition) is 8. The van der Waals surface area contributed by atoms with Gasteiger partial charge in [0.2, 0.25) is 15.9 Å². The minimum atomic E-state index is -3.93. The molecule has 0 aliphatic carbocycles. The number of carbonyl (C=O) groups excluding carboxylic acids is 1. The standard InChI is InChI=1S/C21H19FN4O3S4/c1-30-21-24-15-7-6-14-17(18(15)32-21)31-20(23-14)25-19(27)12-8-10-26(11-9-12)33(28,29)16-5-3-2-4-13(16)22/h2-7,12H,8-11H2,1H3,(H,23,25,27). The first-order valence-corrected chi connectivity index (χ1v) is 14.5. The molecule has 12 heteroatoms. The van der Waals surface area contributed by atoms with Crippen LogP contribution in [0.3, 0.4) is 0 Å². The highest BCUT2D eigenvalue weighted by Gasteiger charge is 2.33. The molecular formula is C21H19FN4O3S4. The summed E-state index contributed by atoms with van der Waals surface area (Å²) in [6.07, 6.45) is 2.71. The van der Waals surface area contributed by atoms with Crippen LogP contribution in [0.25, 0.3) is 20.4 Å². The lowest BCUT2D eigenvalue weighted by molar-refractivity contribution is -0.120. The number of carbonyl (C=O) groups is 1. The second-order valence-electron chi connectivity index (χ2n) is 7.56. The number of thioether (sulfide) groups is 1. The third kappa shape index (κ3) is 4.26. The highest BCUT2D eigenvalue weighted by atomic mass is 32.2. The third-order valence-corrected chi connectivity index (χ3v) is 10.7. The normalized spacial score (nSPS) is 15.9. The Morgan fingerprint density at radius 1 is 1.09 bits per heavy atom. The first-order valence-electron chi connectivity index (χ1n) is 10.2. The lowest BCUT2D eigenvalue weighted by Crippen LogP contribution is -2.41. The van der Waals surface area contributed by atoms with Gasteiger partial charge in [-0.1, -0.05) is 35.2 Å². The molecule has 0 unspecified atom stereocenters. The van der Waals surface area contributed by atoms with Gasteiger partial charge < -0.3 is 5.32 Å². The summed E-state index contributed by atoms with van der Waals surface area (Å²) in [6, 6.07) is 9.18. The molecule has 2 aromatic carbocycles. The highest BCUT2D eigenvalue weighted by Crippen LogP contribution is 2.38. The van der Waals surface area contributed by atoms with E-state index in [0.29, 0.717) is 18.0 Å². The second kappa shape index (κ2) is 8.91. The first kappa shape index (κ1) is 22.7. The third-order valence-electron chi connectivity index (χ3n) is 5.58. The van der Waals surface area contributed by atoms with Crippen LogP contribution in [0.15, 0.2) is 45.6 Å². The van der Waals surface area contributed by atoms with Gasteiger partial charge in [0, 0.05) is 19.0 Å². The van der Waals surface area contributed by atoms with Crippen LogP contribution < -0.4 is 5.32 Å². The molecule has 33 heavy (non-hydrogen) atoms. The Bertz CT molecular complexity index is 1460. The van der Waals surface area contributed by atoms with Crippen molar-refractivity contribution in [2.45, 2.75) is 22.1 Å². The van der Waals surface area contributed by atoms with Crippen LogP contribution >= 0.6 is 34.4 Å². The zero-order valence-corrected chi connectivity index (χ0v) is 20.7. The van der Waals surface area contributed by atoms with Gasteiger partial charge in [-0.05, 0) is 43.4 Å². The van der Waals surface area contributed by atoms with Gasteiger partial charge >= 0.3 is 0 Å². The molecule has 1 N–H and O–H groups in total. The molecule has 4 aromatic rings. The van der Waals surface area contributed by atoms with Gasteiger partial charge in [0.15, 0.2) is 9.47 Å². The van der Waals surface area contributed by atoms with Crippen molar-refractivity contribution in [3.8, 4) is 0 Å². The highest BCUT2D eigenvalue weighted by molar-refractivity contribution is 8.00. The number of anilines is 1.